The van der Waals surface area contributed by atoms with Crippen molar-refractivity contribution in [2.45, 2.75) is 38.1 Å². The molecule has 0 aromatic heterocycles. The Labute approximate surface area is 166 Å². The first-order valence-electron chi connectivity index (χ1n) is 9.63. The standard InChI is InChI=1S/C20H31N3O5/c1-26-16-11-14(12-17(27-2)18(16)28-3)7-6-10-23-15(8-4-5-9-21)13-22-19(24)20(23)25/h11-12,15H,4-10,13,21H2,1-3H3,(H,22,24)/t15-/m0/s1. The minimum absolute atomic E-state index is 0.0247. The van der Waals surface area contributed by atoms with Crippen LogP contribution in [-0.4, -0.2) is 63.7 Å². The molecule has 0 unspecified atom stereocenters. The lowest BCUT2D eigenvalue weighted by Gasteiger charge is -2.35. The summed E-state index contributed by atoms with van der Waals surface area (Å²) in [6.45, 7) is 1.66. The number of nitrogens with one attached hydrogen (secondary N) is 1. The van der Waals surface area contributed by atoms with Crippen molar-refractivity contribution in [2.24, 2.45) is 5.73 Å². The zero-order valence-corrected chi connectivity index (χ0v) is 17.0. The first kappa shape index (κ1) is 21.8. The van der Waals surface area contributed by atoms with Gasteiger partial charge < -0.3 is 30.2 Å². The van der Waals surface area contributed by atoms with E-state index < -0.39 is 11.8 Å². The molecule has 1 saturated heterocycles. The first-order valence-corrected chi connectivity index (χ1v) is 9.63. The Bertz CT molecular complexity index is 655. The van der Waals surface area contributed by atoms with Crippen molar-refractivity contribution < 1.29 is 23.8 Å². The number of unbranched alkanes of at least 4 members (excludes halogenated alkanes) is 1. The number of ether oxygens (including phenoxy) is 3. The van der Waals surface area contributed by atoms with Crippen LogP contribution in [0.2, 0.25) is 0 Å². The Hall–Kier alpha value is -2.48. The lowest BCUT2D eigenvalue weighted by atomic mass is 10.0. The second kappa shape index (κ2) is 10.8. The van der Waals surface area contributed by atoms with Gasteiger partial charge in [-0.05, 0) is 49.9 Å². The number of methoxy groups -OCH3 is 3. The van der Waals surface area contributed by atoms with Crippen LogP contribution >= 0.6 is 0 Å². The van der Waals surface area contributed by atoms with Gasteiger partial charge in [0.1, 0.15) is 0 Å². The molecule has 3 N–H and O–H groups in total. The maximum atomic E-state index is 12.3. The summed E-state index contributed by atoms with van der Waals surface area (Å²) in [5.74, 6) is 0.781. The van der Waals surface area contributed by atoms with Crippen molar-refractivity contribution in [2.75, 3.05) is 41.0 Å². The number of benzene rings is 1. The van der Waals surface area contributed by atoms with Gasteiger partial charge >= 0.3 is 11.8 Å². The number of hydrogen-bond donors (Lipinski definition) is 2. The molecule has 0 spiro atoms. The average Bonchev–Trinajstić information content (AvgIpc) is 2.71. The predicted molar refractivity (Wildman–Crippen MR) is 106 cm³/mol. The smallest absolute Gasteiger partial charge is 0.312 e. The Morgan fingerprint density at radius 1 is 1.07 bits per heavy atom. The van der Waals surface area contributed by atoms with E-state index in [1.165, 1.54) is 0 Å². The van der Waals surface area contributed by atoms with E-state index in [2.05, 4.69) is 5.32 Å². The number of carbonyl (C=O) groups is 2. The molecule has 1 aliphatic heterocycles. The third kappa shape index (κ3) is 5.28. The SMILES string of the molecule is COc1cc(CCCN2C(=O)C(=O)NC[C@@H]2CCCCN)cc(OC)c1OC. The van der Waals surface area contributed by atoms with Crippen LogP contribution in [-0.2, 0) is 16.0 Å². The number of amides is 2. The highest BCUT2D eigenvalue weighted by Gasteiger charge is 2.32. The maximum absolute atomic E-state index is 12.3. The summed E-state index contributed by atoms with van der Waals surface area (Å²) in [6, 6.07) is 3.84. The molecule has 2 amide bonds. The largest absolute Gasteiger partial charge is 0.493 e. The summed E-state index contributed by atoms with van der Waals surface area (Å²) in [5, 5.41) is 2.68. The van der Waals surface area contributed by atoms with Crippen LogP contribution in [0.15, 0.2) is 12.1 Å². The second-order valence-corrected chi connectivity index (χ2v) is 6.78. The van der Waals surface area contributed by atoms with E-state index in [0.717, 1.165) is 37.7 Å². The van der Waals surface area contributed by atoms with Gasteiger partial charge in [0.05, 0.1) is 21.3 Å². The summed E-state index contributed by atoms with van der Waals surface area (Å²) in [6.07, 6.45) is 4.14. The predicted octanol–water partition coefficient (Wildman–Crippen LogP) is 1.10. The topological polar surface area (TPSA) is 103 Å². The van der Waals surface area contributed by atoms with E-state index in [4.69, 9.17) is 19.9 Å². The van der Waals surface area contributed by atoms with Gasteiger partial charge in [-0.3, -0.25) is 9.59 Å². The fraction of sp³-hybridized carbons (Fsp3) is 0.600. The Morgan fingerprint density at radius 2 is 1.75 bits per heavy atom. The highest BCUT2D eigenvalue weighted by atomic mass is 16.5. The van der Waals surface area contributed by atoms with Crippen LogP contribution in [0.25, 0.3) is 0 Å². The van der Waals surface area contributed by atoms with E-state index >= 15 is 0 Å². The van der Waals surface area contributed by atoms with E-state index in [-0.39, 0.29) is 6.04 Å². The molecule has 1 atom stereocenters. The minimum atomic E-state index is -0.525. The number of nitrogens with zero attached hydrogens (tertiary/aromatic N) is 1. The maximum Gasteiger partial charge on any atom is 0.312 e. The number of nitrogens with two attached hydrogens (primary N) is 1. The van der Waals surface area contributed by atoms with E-state index in [9.17, 15) is 9.59 Å². The van der Waals surface area contributed by atoms with Crippen LogP contribution in [0.5, 0.6) is 17.2 Å². The summed E-state index contributed by atoms with van der Waals surface area (Å²) < 4.78 is 16.1. The molecule has 1 aliphatic rings. The number of rotatable bonds is 11. The number of carbonyl (C=O) groups excluding carboxylic acids is 2. The zero-order valence-electron chi connectivity index (χ0n) is 17.0. The molecule has 156 valence electrons. The quantitative estimate of drug-likeness (QED) is 0.431. The Morgan fingerprint density at radius 3 is 2.32 bits per heavy atom. The lowest BCUT2D eigenvalue weighted by molar-refractivity contribution is -0.150. The van der Waals surface area contributed by atoms with Crippen LogP contribution < -0.4 is 25.3 Å². The highest BCUT2D eigenvalue weighted by Crippen LogP contribution is 2.38. The van der Waals surface area contributed by atoms with Gasteiger partial charge in [0.25, 0.3) is 0 Å². The van der Waals surface area contributed by atoms with Gasteiger partial charge in [0, 0.05) is 19.1 Å². The molecule has 8 heteroatoms. The van der Waals surface area contributed by atoms with E-state index in [1.54, 1.807) is 26.2 Å². The molecule has 0 aliphatic carbocycles. The molecule has 1 fully saturated rings. The molecule has 0 radical (unpaired) electrons. The van der Waals surface area contributed by atoms with Crippen molar-refractivity contribution in [3.63, 3.8) is 0 Å². The van der Waals surface area contributed by atoms with Crippen molar-refractivity contribution in [3.8, 4) is 17.2 Å². The second-order valence-electron chi connectivity index (χ2n) is 6.78. The lowest BCUT2D eigenvalue weighted by Crippen LogP contribution is -2.58. The number of hydrogen-bond acceptors (Lipinski definition) is 6. The fourth-order valence-corrected chi connectivity index (χ4v) is 3.49. The van der Waals surface area contributed by atoms with Crippen LogP contribution in [0.3, 0.4) is 0 Å². The van der Waals surface area contributed by atoms with Gasteiger partial charge in [0.15, 0.2) is 11.5 Å². The highest BCUT2D eigenvalue weighted by molar-refractivity contribution is 6.35. The molecule has 1 aromatic carbocycles. The van der Waals surface area contributed by atoms with Gasteiger partial charge in [-0.25, -0.2) is 0 Å². The molecule has 28 heavy (non-hydrogen) atoms. The molecule has 1 aromatic rings. The van der Waals surface area contributed by atoms with Gasteiger partial charge in [-0.15, -0.1) is 0 Å². The third-order valence-corrected chi connectivity index (χ3v) is 4.97. The van der Waals surface area contributed by atoms with Crippen LogP contribution in [0, 0.1) is 0 Å². The van der Waals surface area contributed by atoms with Gasteiger partial charge in [-0.1, -0.05) is 6.42 Å². The molecular weight excluding hydrogens is 362 g/mol. The Balaban J connectivity index is 2.02. The van der Waals surface area contributed by atoms with Crippen LogP contribution in [0.1, 0.15) is 31.2 Å². The summed E-state index contributed by atoms with van der Waals surface area (Å²) >= 11 is 0. The number of aryl methyl sites for hydroxylation is 1. The average molecular weight is 393 g/mol. The normalized spacial score (nSPS) is 16.7. The summed E-state index contributed by atoms with van der Waals surface area (Å²) in [5.41, 5.74) is 6.58. The molecule has 2 rings (SSSR count). The summed E-state index contributed by atoms with van der Waals surface area (Å²) in [7, 11) is 4.73. The van der Waals surface area contributed by atoms with Gasteiger partial charge in [0.2, 0.25) is 5.75 Å². The van der Waals surface area contributed by atoms with Crippen molar-refractivity contribution in [1.82, 2.24) is 10.2 Å². The molecule has 1 heterocycles. The summed E-state index contributed by atoms with van der Waals surface area (Å²) in [4.78, 5) is 25.8. The third-order valence-electron chi connectivity index (χ3n) is 4.97. The van der Waals surface area contributed by atoms with Gasteiger partial charge in [-0.2, -0.15) is 0 Å². The zero-order chi connectivity index (χ0) is 20.5. The fourth-order valence-electron chi connectivity index (χ4n) is 3.49. The monoisotopic (exact) mass is 393 g/mol. The molecular formula is C20H31N3O5. The van der Waals surface area contributed by atoms with E-state index in [0.29, 0.717) is 36.9 Å². The molecule has 0 bridgehead atoms. The van der Waals surface area contributed by atoms with Crippen LogP contribution in [0.4, 0.5) is 0 Å². The molecule has 0 saturated carbocycles. The minimum Gasteiger partial charge on any atom is -0.493 e. The first-order chi connectivity index (χ1) is 13.5. The van der Waals surface area contributed by atoms with Crippen molar-refractivity contribution >= 4 is 11.8 Å². The van der Waals surface area contributed by atoms with Crippen molar-refractivity contribution in [1.29, 1.82) is 0 Å². The van der Waals surface area contributed by atoms with E-state index in [1.807, 2.05) is 12.1 Å². The number of piperazine rings is 1. The van der Waals surface area contributed by atoms with Crippen molar-refractivity contribution in [3.05, 3.63) is 17.7 Å². The molecule has 8 nitrogen and oxygen atoms in total. The Kier molecular flexibility index (Phi) is 8.38.